The van der Waals surface area contributed by atoms with Crippen molar-refractivity contribution in [2.75, 3.05) is 0 Å². The van der Waals surface area contributed by atoms with Gasteiger partial charge in [0.15, 0.2) is 0 Å². The fourth-order valence-electron chi connectivity index (χ4n) is 3.59. The summed E-state index contributed by atoms with van der Waals surface area (Å²) < 4.78 is 0. The summed E-state index contributed by atoms with van der Waals surface area (Å²) in [6.07, 6.45) is 0. The van der Waals surface area contributed by atoms with E-state index in [0.717, 1.165) is 0 Å². The van der Waals surface area contributed by atoms with Crippen molar-refractivity contribution in [2.24, 2.45) is 0 Å². The van der Waals surface area contributed by atoms with E-state index in [-0.39, 0.29) is 0 Å². The highest BCUT2D eigenvalue weighted by molar-refractivity contribution is 6.19. The summed E-state index contributed by atoms with van der Waals surface area (Å²) in [4.78, 5) is 0. The topological polar surface area (TPSA) is 95.2 Å². The first kappa shape index (κ1) is 15.2. The van der Waals surface area contributed by atoms with Crippen LogP contribution in [0.25, 0.3) is 32.3 Å². The average Bonchev–Trinajstić information content (AvgIpc) is 2.70. The van der Waals surface area contributed by atoms with Crippen molar-refractivity contribution in [1.82, 2.24) is 0 Å². The van der Waals surface area contributed by atoms with Gasteiger partial charge in [0.05, 0.1) is 22.3 Å². The van der Waals surface area contributed by atoms with Crippen LogP contribution in [0.2, 0.25) is 0 Å². The minimum absolute atomic E-state index is 0.313. The molecule has 4 rings (SSSR count). The molecule has 0 saturated heterocycles. The summed E-state index contributed by atoms with van der Waals surface area (Å²) in [5, 5.41) is 42.5. The lowest BCUT2D eigenvalue weighted by atomic mass is 9.85. The molecule has 0 aliphatic carbocycles. The number of nitrogens with zero attached hydrogens (tertiary/aromatic N) is 4. The number of hydrogen-bond acceptors (Lipinski definition) is 4. The van der Waals surface area contributed by atoms with E-state index in [1.807, 2.05) is 0 Å². The van der Waals surface area contributed by atoms with Crippen LogP contribution in [0, 0.1) is 45.3 Å². The van der Waals surface area contributed by atoms with Crippen molar-refractivity contribution in [1.29, 1.82) is 21.0 Å². The Labute approximate surface area is 149 Å². The molecule has 0 fully saturated rings. The van der Waals surface area contributed by atoms with Gasteiger partial charge in [0.25, 0.3) is 0 Å². The molecule has 0 radical (unpaired) electrons. The molecule has 0 N–H and O–H groups in total. The van der Waals surface area contributed by atoms with Crippen LogP contribution in [0.15, 0.2) is 48.5 Å². The summed E-state index contributed by atoms with van der Waals surface area (Å²) in [6.45, 7) is 0. The first-order valence-corrected chi connectivity index (χ1v) is 7.80. The summed E-state index contributed by atoms with van der Waals surface area (Å²) in [6, 6.07) is 22.9. The minimum Gasteiger partial charge on any atom is -0.192 e. The van der Waals surface area contributed by atoms with Gasteiger partial charge in [-0.05, 0) is 0 Å². The molecule has 4 nitrogen and oxygen atoms in total. The molecule has 0 atom stereocenters. The molecule has 116 valence electrons. The maximum absolute atomic E-state index is 9.83. The van der Waals surface area contributed by atoms with Gasteiger partial charge < -0.3 is 0 Å². The molecular weight excluding hydrogens is 320 g/mol. The molecule has 0 unspecified atom stereocenters. The highest BCUT2D eigenvalue weighted by Gasteiger charge is 2.22. The van der Waals surface area contributed by atoms with E-state index in [0.29, 0.717) is 54.6 Å². The van der Waals surface area contributed by atoms with Crippen LogP contribution in [0.5, 0.6) is 0 Å². The zero-order valence-electron chi connectivity index (χ0n) is 13.4. The van der Waals surface area contributed by atoms with Crippen molar-refractivity contribution in [2.45, 2.75) is 0 Å². The van der Waals surface area contributed by atoms with Crippen LogP contribution < -0.4 is 0 Å². The molecular formula is C22H8N4. The smallest absolute Gasteiger partial charge is 0.100 e. The van der Waals surface area contributed by atoms with Crippen LogP contribution in [-0.4, -0.2) is 0 Å². The summed E-state index contributed by atoms with van der Waals surface area (Å²) >= 11 is 0. The van der Waals surface area contributed by atoms with Crippen LogP contribution in [0.1, 0.15) is 22.3 Å². The molecule has 0 aromatic heterocycles. The van der Waals surface area contributed by atoms with Gasteiger partial charge in [0.2, 0.25) is 0 Å². The Morgan fingerprint density at radius 2 is 0.654 bits per heavy atom. The zero-order valence-corrected chi connectivity index (χ0v) is 13.4. The van der Waals surface area contributed by atoms with Crippen molar-refractivity contribution in [3.05, 3.63) is 70.8 Å². The van der Waals surface area contributed by atoms with E-state index in [1.54, 1.807) is 48.5 Å². The standard InChI is InChI=1S/C22H8N4/c23-9-17-13-5-1-2-6-14(13)18(10-24)22-20(12-26)16-8-4-3-7-15(16)19(11-25)21(17)22/h1-8H. The van der Waals surface area contributed by atoms with Gasteiger partial charge in [-0.25, -0.2) is 0 Å². The van der Waals surface area contributed by atoms with Crippen molar-refractivity contribution in [3.63, 3.8) is 0 Å². The van der Waals surface area contributed by atoms with Gasteiger partial charge in [-0.15, -0.1) is 0 Å². The van der Waals surface area contributed by atoms with E-state index >= 15 is 0 Å². The molecule has 4 aromatic carbocycles. The van der Waals surface area contributed by atoms with Crippen molar-refractivity contribution < 1.29 is 0 Å². The van der Waals surface area contributed by atoms with E-state index in [4.69, 9.17) is 0 Å². The third-order valence-electron chi connectivity index (χ3n) is 4.63. The molecule has 0 aliphatic heterocycles. The fourth-order valence-corrected chi connectivity index (χ4v) is 3.59. The van der Waals surface area contributed by atoms with Crippen molar-refractivity contribution in [3.8, 4) is 24.3 Å². The maximum Gasteiger partial charge on any atom is 0.100 e. The van der Waals surface area contributed by atoms with Gasteiger partial charge >= 0.3 is 0 Å². The first-order valence-electron chi connectivity index (χ1n) is 7.80. The molecule has 4 aromatic rings. The number of rotatable bonds is 0. The number of benzene rings is 4. The normalized spacial score (nSPS) is 10.2. The van der Waals surface area contributed by atoms with Crippen molar-refractivity contribution >= 4 is 32.3 Å². The fraction of sp³-hybridized carbons (Fsp3) is 0. The minimum atomic E-state index is 0.313. The summed E-state index contributed by atoms with van der Waals surface area (Å²) in [5.74, 6) is 0. The quantitative estimate of drug-likeness (QED) is 0.439. The second kappa shape index (κ2) is 5.61. The molecule has 0 spiro atoms. The van der Waals surface area contributed by atoms with Gasteiger partial charge in [-0.2, -0.15) is 21.0 Å². The average molecular weight is 328 g/mol. The Morgan fingerprint density at radius 1 is 0.423 bits per heavy atom. The van der Waals surface area contributed by atoms with Gasteiger partial charge in [-0.3, -0.25) is 0 Å². The van der Waals surface area contributed by atoms with E-state index in [2.05, 4.69) is 24.3 Å². The third kappa shape index (κ3) is 1.79. The van der Waals surface area contributed by atoms with Gasteiger partial charge in [0.1, 0.15) is 24.3 Å². The monoisotopic (exact) mass is 328 g/mol. The van der Waals surface area contributed by atoms with Gasteiger partial charge in [0, 0.05) is 32.3 Å². The maximum atomic E-state index is 9.83. The Bertz CT molecular complexity index is 1200. The molecule has 0 amide bonds. The lowest BCUT2D eigenvalue weighted by Gasteiger charge is -2.14. The number of nitriles is 4. The van der Waals surface area contributed by atoms with E-state index in [9.17, 15) is 21.0 Å². The number of hydrogen-bond donors (Lipinski definition) is 0. The molecule has 4 heteroatoms. The first-order chi connectivity index (χ1) is 12.8. The molecule has 0 bridgehead atoms. The zero-order chi connectivity index (χ0) is 18.3. The van der Waals surface area contributed by atoms with Crippen LogP contribution in [-0.2, 0) is 0 Å². The third-order valence-corrected chi connectivity index (χ3v) is 4.63. The van der Waals surface area contributed by atoms with E-state index in [1.165, 1.54) is 0 Å². The summed E-state index contributed by atoms with van der Waals surface area (Å²) in [5.41, 5.74) is 1.25. The van der Waals surface area contributed by atoms with E-state index < -0.39 is 0 Å². The molecule has 26 heavy (non-hydrogen) atoms. The largest absolute Gasteiger partial charge is 0.192 e. The molecule has 0 saturated carbocycles. The Morgan fingerprint density at radius 3 is 0.846 bits per heavy atom. The molecule has 0 aliphatic rings. The van der Waals surface area contributed by atoms with Crippen LogP contribution in [0.3, 0.4) is 0 Å². The summed E-state index contributed by atoms with van der Waals surface area (Å²) in [7, 11) is 0. The number of fused-ring (bicyclic) bond motifs is 3. The highest BCUT2D eigenvalue weighted by Crippen LogP contribution is 2.40. The second-order valence-electron chi connectivity index (χ2n) is 5.79. The highest BCUT2D eigenvalue weighted by atomic mass is 14.3. The Hall–Kier alpha value is -4.38. The van der Waals surface area contributed by atoms with Crippen LogP contribution >= 0.6 is 0 Å². The predicted octanol–water partition coefficient (Wildman–Crippen LogP) is 4.63. The molecule has 0 heterocycles. The van der Waals surface area contributed by atoms with Crippen LogP contribution in [0.4, 0.5) is 0 Å². The lowest BCUT2D eigenvalue weighted by molar-refractivity contribution is 1.48. The Balaban J connectivity index is 2.56. The lowest BCUT2D eigenvalue weighted by Crippen LogP contribution is -1.97. The second-order valence-corrected chi connectivity index (χ2v) is 5.79. The Kier molecular flexibility index (Phi) is 3.27. The predicted molar refractivity (Wildman–Crippen MR) is 97.8 cm³/mol. The van der Waals surface area contributed by atoms with Gasteiger partial charge in [-0.1, -0.05) is 48.5 Å². The SMILES string of the molecule is N#Cc1c2ccccc2c(C#N)c2c(C#N)c3ccccc3c(C#N)c12.